The number of nitrogens with zero attached hydrogens (tertiary/aromatic N) is 1. The van der Waals surface area contributed by atoms with E-state index in [0.717, 1.165) is 19.3 Å². The van der Waals surface area contributed by atoms with E-state index in [4.69, 9.17) is 9.47 Å². The van der Waals surface area contributed by atoms with Crippen molar-refractivity contribution in [3.63, 3.8) is 0 Å². The highest BCUT2D eigenvalue weighted by Crippen LogP contribution is 2.32. The molecule has 0 bridgehead atoms. The third-order valence-corrected chi connectivity index (χ3v) is 4.60. The van der Waals surface area contributed by atoms with E-state index in [-0.39, 0.29) is 24.1 Å². The third kappa shape index (κ3) is 3.16. The van der Waals surface area contributed by atoms with Crippen LogP contribution in [0.2, 0.25) is 0 Å². The molecule has 1 heterocycles. The molecule has 0 N–H and O–H groups in total. The molecule has 0 spiro atoms. The topological polar surface area (TPSA) is 55.8 Å². The maximum absolute atomic E-state index is 13.7. The van der Waals surface area contributed by atoms with E-state index in [0.29, 0.717) is 6.42 Å². The molecule has 0 radical (unpaired) electrons. The van der Waals surface area contributed by atoms with Gasteiger partial charge in [-0.05, 0) is 25.0 Å². The number of para-hydroxylation sites is 1. The molecule has 23 heavy (non-hydrogen) atoms. The molecule has 1 saturated heterocycles. The van der Waals surface area contributed by atoms with E-state index in [9.17, 15) is 14.0 Å². The number of halogens is 1. The Labute approximate surface area is 134 Å². The molecular weight excluding hydrogens is 301 g/mol. The normalized spacial score (nSPS) is 24.2. The van der Waals surface area contributed by atoms with E-state index >= 15 is 0 Å². The number of carbonyl (C=O) groups excluding carboxylic acids is 2. The molecule has 1 aliphatic carbocycles. The van der Waals surface area contributed by atoms with Gasteiger partial charge in [0, 0.05) is 12.3 Å². The van der Waals surface area contributed by atoms with Gasteiger partial charge in [0.1, 0.15) is 12.1 Å². The number of carbonyl (C=O) groups is 2. The van der Waals surface area contributed by atoms with Gasteiger partial charge >= 0.3 is 5.97 Å². The first-order valence-electron chi connectivity index (χ1n) is 7.89. The van der Waals surface area contributed by atoms with Crippen LogP contribution in [0.15, 0.2) is 24.3 Å². The van der Waals surface area contributed by atoms with Crippen molar-refractivity contribution in [1.29, 1.82) is 0 Å². The van der Waals surface area contributed by atoms with Crippen LogP contribution in [-0.4, -0.2) is 42.6 Å². The monoisotopic (exact) mass is 321 g/mol. The van der Waals surface area contributed by atoms with Gasteiger partial charge in [-0.3, -0.25) is 4.79 Å². The molecule has 1 amide bonds. The van der Waals surface area contributed by atoms with Gasteiger partial charge in [0.25, 0.3) is 0 Å². The van der Waals surface area contributed by atoms with Crippen molar-refractivity contribution in [3.8, 4) is 5.75 Å². The summed E-state index contributed by atoms with van der Waals surface area (Å²) < 4.78 is 24.2. The molecule has 1 aliphatic heterocycles. The molecule has 6 heteroatoms. The Balaban J connectivity index is 1.73. The van der Waals surface area contributed by atoms with Crippen molar-refractivity contribution in [1.82, 2.24) is 4.90 Å². The zero-order chi connectivity index (χ0) is 16.4. The highest BCUT2D eigenvalue weighted by molar-refractivity contribution is 5.87. The van der Waals surface area contributed by atoms with Crippen LogP contribution in [0.25, 0.3) is 0 Å². The molecule has 1 saturated carbocycles. The van der Waals surface area contributed by atoms with E-state index in [1.165, 1.54) is 13.2 Å². The number of hydrogen-bond donors (Lipinski definition) is 0. The lowest BCUT2D eigenvalue weighted by Crippen LogP contribution is -2.45. The molecule has 2 fully saturated rings. The summed E-state index contributed by atoms with van der Waals surface area (Å²) in [4.78, 5) is 26.0. The number of hydrogen-bond acceptors (Lipinski definition) is 4. The van der Waals surface area contributed by atoms with Gasteiger partial charge in [-0.2, -0.15) is 0 Å². The minimum absolute atomic E-state index is 0.00522. The van der Waals surface area contributed by atoms with E-state index in [1.807, 2.05) is 0 Å². The van der Waals surface area contributed by atoms with Crippen molar-refractivity contribution in [3.05, 3.63) is 30.1 Å². The molecule has 2 unspecified atom stereocenters. The summed E-state index contributed by atoms with van der Waals surface area (Å²) in [6.45, 7) is 0.281. The fourth-order valence-corrected chi connectivity index (χ4v) is 3.10. The molecule has 5 nitrogen and oxygen atoms in total. The van der Waals surface area contributed by atoms with Crippen LogP contribution >= 0.6 is 0 Å². The zero-order valence-corrected chi connectivity index (χ0v) is 13.0. The summed E-state index contributed by atoms with van der Waals surface area (Å²) in [5.74, 6) is -0.789. The van der Waals surface area contributed by atoms with Gasteiger partial charge in [-0.15, -0.1) is 0 Å². The molecular formula is C17H20FNO4. The minimum atomic E-state index is -0.648. The van der Waals surface area contributed by atoms with Crippen LogP contribution in [0, 0.1) is 11.7 Å². The summed E-state index contributed by atoms with van der Waals surface area (Å²) in [6.07, 6.45) is 2.67. The summed E-state index contributed by atoms with van der Waals surface area (Å²) >= 11 is 0. The van der Waals surface area contributed by atoms with Crippen molar-refractivity contribution < 1.29 is 23.5 Å². The van der Waals surface area contributed by atoms with Gasteiger partial charge in [0.15, 0.2) is 11.6 Å². The molecule has 1 aromatic carbocycles. The van der Waals surface area contributed by atoms with Crippen molar-refractivity contribution in [2.24, 2.45) is 5.92 Å². The Morgan fingerprint density at radius 2 is 2.00 bits per heavy atom. The average Bonchev–Trinajstić information content (AvgIpc) is 2.91. The number of rotatable bonds is 4. The van der Waals surface area contributed by atoms with Crippen LogP contribution < -0.4 is 4.74 Å². The first kappa shape index (κ1) is 15.8. The summed E-state index contributed by atoms with van der Waals surface area (Å²) in [7, 11) is 1.30. The van der Waals surface area contributed by atoms with Gasteiger partial charge in [-0.1, -0.05) is 18.6 Å². The van der Waals surface area contributed by atoms with E-state index in [2.05, 4.69) is 0 Å². The van der Waals surface area contributed by atoms with E-state index in [1.54, 1.807) is 23.1 Å². The summed E-state index contributed by atoms with van der Waals surface area (Å²) in [5.41, 5.74) is 0. The number of likely N-dealkylation sites (tertiary alicyclic amines) is 1. The first-order valence-corrected chi connectivity index (χ1v) is 7.89. The summed E-state index contributed by atoms with van der Waals surface area (Å²) in [5, 5.41) is 0. The number of amides is 1. The highest BCUT2D eigenvalue weighted by Gasteiger charge is 2.44. The van der Waals surface area contributed by atoms with Gasteiger partial charge in [-0.25, -0.2) is 9.18 Å². The lowest BCUT2D eigenvalue weighted by Gasteiger charge is -2.31. The van der Waals surface area contributed by atoms with Crippen LogP contribution in [0.5, 0.6) is 5.75 Å². The number of benzene rings is 1. The quantitative estimate of drug-likeness (QED) is 0.797. The third-order valence-electron chi connectivity index (χ3n) is 4.60. The average molecular weight is 321 g/mol. The zero-order valence-electron chi connectivity index (χ0n) is 13.0. The van der Waals surface area contributed by atoms with Crippen LogP contribution in [0.4, 0.5) is 4.39 Å². The fourth-order valence-electron chi connectivity index (χ4n) is 3.10. The van der Waals surface area contributed by atoms with Crippen molar-refractivity contribution >= 4 is 11.9 Å². The Morgan fingerprint density at radius 1 is 1.26 bits per heavy atom. The Bertz CT molecular complexity index is 602. The number of esters is 1. The van der Waals surface area contributed by atoms with Gasteiger partial charge in [0.2, 0.25) is 5.91 Å². The highest BCUT2D eigenvalue weighted by atomic mass is 19.1. The first-order chi connectivity index (χ1) is 11.1. The Morgan fingerprint density at radius 3 is 2.61 bits per heavy atom. The lowest BCUT2D eigenvalue weighted by molar-refractivity contribution is -0.153. The van der Waals surface area contributed by atoms with Crippen molar-refractivity contribution in [2.75, 3.05) is 13.7 Å². The molecule has 3 rings (SSSR count). The summed E-state index contributed by atoms with van der Waals surface area (Å²) in [6, 6.07) is 5.48. The molecule has 1 aromatic rings. The predicted molar refractivity (Wildman–Crippen MR) is 80.3 cm³/mol. The van der Waals surface area contributed by atoms with Gasteiger partial charge in [0.05, 0.1) is 13.7 Å². The van der Waals surface area contributed by atoms with E-state index < -0.39 is 23.9 Å². The lowest BCUT2D eigenvalue weighted by atomic mass is 9.84. The molecule has 0 aromatic heterocycles. The Kier molecular flexibility index (Phi) is 4.50. The Hall–Kier alpha value is -2.11. The minimum Gasteiger partial charge on any atom is -0.485 e. The largest absolute Gasteiger partial charge is 0.485 e. The second-order valence-electron chi connectivity index (χ2n) is 6.06. The predicted octanol–water partition coefficient (Wildman–Crippen LogP) is 2.15. The van der Waals surface area contributed by atoms with Crippen molar-refractivity contribution in [2.45, 2.75) is 37.8 Å². The second kappa shape index (κ2) is 6.56. The van der Waals surface area contributed by atoms with Crippen LogP contribution in [0.3, 0.4) is 0 Å². The molecule has 124 valence electrons. The standard InChI is InChI=1S/C17H20FNO4/c1-22-17(21)14-9-12(23-15-8-3-2-7-13(15)18)10-19(14)16(20)11-5-4-6-11/h2-3,7-8,11-12,14H,4-6,9-10H2,1H3. The van der Waals surface area contributed by atoms with Crippen LogP contribution in [-0.2, 0) is 14.3 Å². The van der Waals surface area contributed by atoms with Gasteiger partial charge < -0.3 is 14.4 Å². The molecule has 2 atom stereocenters. The van der Waals surface area contributed by atoms with Crippen LogP contribution in [0.1, 0.15) is 25.7 Å². The SMILES string of the molecule is COC(=O)C1CC(Oc2ccccc2F)CN1C(=O)C1CCC1. The maximum Gasteiger partial charge on any atom is 0.328 e. The second-order valence-corrected chi connectivity index (χ2v) is 6.06. The number of methoxy groups -OCH3 is 1. The maximum atomic E-state index is 13.7. The fraction of sp³-hybridized carbons (Fsp3) is 0.529. The smallest absolute Gasteiger partial charge is 0.328 e. The number of ether oxygens (including phenoxy) is 2. The molecule has 2 aliphatic rings.